The normalized spacial score (nSPS) is 13.4. The summed E-state index contributed by atoms with van der Waals surface area (Å²) in [6, 6.07) is 11.7. The van der Waals surface area contributed by atoms with Gasteiger partial charge in [0.25, 0.3) is 0 Å². The van der Waals surface area contributed by atoms with Crippen LogP contribution in [0.25, 0.3) is 0 Å². The van der Waals surface area contributed by atoms with Crippen LogP contribution in [0.4, 0.5) is 10.1 Å². The molecule has 0 unspecified atom stereocenters. The van der Waals surface area contributed by atoms with E-state index in [0.29, 0.717) is 23.3 Å². The molecular formula is C17H14FNO2S. The molecule has 1 heterocycles. The number of fused-ring (bicyclic) bond motifs is 1. The quantitative estimate of drug-likeness (QED) is 0.691. The highest BCUT2D eigenvalue weighted by Crippen LogP contribution is 2.26. The lowest BCUT2D eigenvalue weighted by molar-refractivity contribution is -0.116. The summed E-state index contributed by atoms with van der Waals surface area (Å²) in [5, 5.41) is 2.79. The Kier molecular flexibility index (Phi) is 4.24. The van der Waals surface area contributed by atoms with E-state index in [9.17, 15) is 14.0 Å². The van der Waals surface area contributed by atoms with Crippen molar-refractivity contribution < 1.29 is 14.0 Å². The van der Waals surface area contributed by atoms with Gasteiger partial charge in [0.2, 0.25) is 5.91 Å². The molecule has 112 valence electrons. The van der Waals surface area contributed by atoms with Crippen molar-refractivity contribution in [1.82, 2.24) is 0 Å². The molecule has 1 amide bonds. The molecule has 0 aliphatic carbocycles. The third-order valence-electron chi connectivity index (χ3n) is 3.52. The minimum Gasteiger partial charge on any atom is -0.326 e. The van der Waals surface area contributed by atoms with Crippen molar-refractivity contribution in [3.63, 3.8) is 0 Å². The van der Waals surface area contributed by atoms with Crippen LogP contribution in [0, 0.1) is 5.82 Å². The number of aryl methyl sites for hydroxylation is 1. The Labute approximate surface area is 131 Å². The van der Waals surface area contributed by atoms with Gasteiger partial charge in [-0.3, -0.25) is 9.59 Å². The summed E-state index contributed by atoms with van der Waals surface area (Å²) in [7, 11) is 0. The minimum absolute atomic E-state index is 0.00156. The van der Waals surface area contributed by atoms with Gasteiger partial charge in [-0.2, -0.15) is 0 Å². The Morgan fingerprint density at radius 2 is 2.00 bits per heavy atom. The summed E-state index contributed by atoms with van der Waals surface area (Å²) in [6.45, 7) is 0. The number of carbonyl (C=O) groups excluding carboxylic acids is 2. The smallest absolute Gasteiger partial charge is 0.224 e. The number of hydrogen-bond acceptors (Lipinski definition) is 3. The Balaban J connectivity index is 1.70. The molecule has 0 radical (unpaired) electrons. The molecule has 0 fully saturated rings. The minimum atomic E-state index is -0.312. The topological polar surface area (TPSA) is 46.2 Å². The van der Waals surface area contributed by atoms with E-state index in [2.05, 4.69) is 5.32 Å². The average Bonchev–Trinajstić information content (AvgIpc) is 2.53. The lowest BCUT2D eigenvalue weighted by Crippen LogP contribution is -2.19. The molecule has 1 aliphatic heterocycles. The second kappa shape index (κ2) is 6.32. The van der Waals surface area contributed by atoms with Crippen LogP contribution >= 0.6 is 11.8 Å². The van der Waals surface area contributed by atoms with E-state index < -0.39 is 0 Å². The lowest BCUT2D eigenvalue weighted by atomic mass is 9.99. The third-order valence-corrected chi connectivity index (χ3v) is 4.57. The molecule has 3 rings (SSSR count). The molecule has 3 nitrogen and oxygen atoms in total. The highest BCUT2D eigenvalue weighted by molar-refractivity contribution is 8.00. The molecule has 0 saturated heterocycles. The first kappa shape index (κ1) is 14.8. The fraction of sp³-hybridized carbons (Fsp3) is 0.176. The number of amides is 1. The fourth-order valence-corrected chi connectivity index (χ4v) is 3.18. The van der Waals surface area contributed by atoms with Gasteiger partial charge in [-0.1, -0.05) is 12.1 Å². The van der Waals surface area contributed by atoms with Gasteiger partial charge >= 0.3 is 0 Å². The monoisotopic (exact) mass is 315 g/mol. The zero-order chi connectivity index (χ0) is 15.5. The van der Waals surface area contributed by atoms with E-state index in [1.165, 1.54) is 17.8 Å². The first-order valence-corrected chi connectivity index (χ1v) is 7.95. The van der Waals surface area contributed by atoms with Crippen molar-refractivity contribution in [3.8, 4) is 0 Å². The third kappa shape index (κ3) is 3.20. The second-order valence-corrected chi connectivity index (χ2v) is 6.08. The fourth-order valence-electron chi connectivity index (χ4n) is 2.35. The summed E-state index contributed by atoms with van der Waals surface area (Å²) < 4.78 is 13.5. The number of halogens is 1. The maximum Gasteiger partial charge on any atom is 0.224 e. The van der Waals surface area contributed by atoms with Crippen LogP contribution < -0.4 is 5.32 Å². The van der Waals surface area contributed by atoms with Crippen molar-refractivity contribution in [1.29, 1.82) is 0 Å². The van der Waals surface area contributed by atoms with E-state index in [-0.39, 0.29) is 23.3 Å². The predicted molar refractivity (Wildman–Crippen MR) is 84.8 cm³/mol. The molecule has 0 saturated carbocycles. The van der Waals surface area contributed by atoms with Gasteiger partial charge in [-0.15, -0.1) is 11.8 Å². The summed E-state index contributed by atoms with van der Waals surface area (Å²) in [4.78, 5) is 24.0. The zero-order valence-electron chi connectivity index (χ0n) is 11.8. The molecule has 2 aromatic rings. The second-order valence-electron chi connectivity index (χ2n) is 5.06. The van der Waals surface area contributed by atoms with E-state index in [1.807, 2.05) is 6.07 Å². The summed E-state index contributed by atoms with van der Waals surface area (Å²) in [5.41, 5.74) is 2.34. The number of nitrogens with one attached hydrogen (secondary N) is 1. The van der Waals surface area contributed by atoms with Crippen LogP contribution in [0.3, 0.4) is 0 Å². The number of thioether (sulfide) groups is 1. The Morgan fingerprint density at radius 1 is 1.18 bits per heavy atom. The van der Waals surface area contributed by atoms with Gasteiger partial charge < -0.3 is 5.32 Å². The maximum absolute atomic E-state index is 13.5. The Bertz CT molecular complexity index is 745. The molecule has 22 heavy (non-hydrogen) atoms. The molecule has 0 bridgehead atoms. The van der Waals surface area contributed by atoms with Crippen LogP contribution in [0.15, 0.2) is 47.4 Å². The Hall–Kier alpha value is -2.14. The number of benzene rings is 2. The summed E-state index contributed by atoms with van der Waals surface area (Å²) in [6.07, 6.45) is 1.08. The molecule has 0 aromatic heterocycles. The first-order chi connectivity index (χ1) is 10.6. The summed E-state index contributed by atoms with van der Waals surface area (Å²) in [5.74, 6) is -0.172. The van der Waals surface area contributed by atoms with E-state index in [4.69, 9.17) is 0 Å². The van der Waals surface area contributed by atoms with Crippen LogP contribution in [0.5, 0.6) is 0 Å². The molecular weight excluding hydrogens is 301 g/mol. The summed E-state index contributed by atoms with van der Waals surface area (Å²) >= 11 is 1.19. The molecule has 1 aliphatic rings. The van der Waals surface area contributed by atoms with Crippen molar-refractivity contribution in [2.75, 3.05) is 11.1 Å². The van der Waals surface area contributed by atoms with Gasteiger partial charge in [-0.25, -0.2) is 4.39 Å². The zero-order valence-corrected chi connectivity index (χ0v) is 12.6. The predicted octanol–water partition coefficient (Wildman–Crippen LogP) is 3.69. The number of ketones is 1. The van der Waals surface area contributed by atoms with Crippen molar-refractivity contribution >= 4 is 29.1 Å². The number of rotatable bonds is 4. The van der Waals surface area contributed by atoms with Crippen LogP contribution in [-0.2, 0) is 11.2 Å². The van der Waals surface area contributed by atoms with Crippen LogP contribution in [0.1, 0.15) is 22.3 Å². The number of anilines is 1. The van der Waals surface area contributed by atoms with E-state index >= 15 is 0 Å². The number of carbonyl (C=O) groups is 2. The highest BCUT2D eigenvalue weighted by atomic mass is 32.2. The molecule has 5 heteroatoms. The van der Waals surface area contributed by atoms with E-state index in [0.717, 1.165) is 11.3 Å². The average molecular weight is 315 g/mol. The Morgan fingerprint density at radius 3 is 2.82 bits per heavy atom. The van der Waals surface area contributed by atoms with Crippen molar-refractivity contribution in [3.05, 3.63) is 59.4 Å². The molecule has 1 N–H and O–H groups in total. The van der Waals surface area contributed by atoms with Crippen molar-refractivity contribution in [2.24, 2.45) is 0 Å². The first-order valence-electron chi connectivity index (χ1n) is 6.97. The van der Waals surface area contributed by atoms with Gasteiger partial charge in [0.15, 0.2) is 5.78 Å². The molecule has 2 aromatic carbocycles. The number of hydrogen-bond donors (Lipinski definition) is 1. The molecule has 0 spiro atoms. The maximum atomic E-state index is 13.5. The van der Waals surface area contributed by atoms with Crippen LogP contribution in [0.2, 0.25) is 0 Å². The number of Topliss-reactive ketones (excluding diaryl/α,β-unsaturated/α-hetero) is 1. The van der Waals surface area contributed by atoms with Crippen LogP contribution in [-0.4, -0.2) is 17.4 Å². The van der Waals surface area contributed by atoms with Crippen molar-refractivity contribution in [2.45, 2.75) is 17.7 Å². The standard InChI is InChI=1S/C17H14FNO2S/c18-13-3-1-2-4-16(13)22-10-15(20)12-5-7-14-11(9-12)6-8-17(21)19-14/h1-5,7,9H,6,8,10H2,(H,19,21). The van der Waals surface area contributed by atoms with Gasteiger partial charge in [0.1, 0.15) is 5.82 Å². The lowest BCUT2D eigenvalue weighted by Gasteiger charge is -2.17. The van der Waals surface area contributed by atoms with Gasteiger partial charge in [0, 0.05) is 22.6 Å². The molecule has 0 atom stereocenters. The van der Waals surface area contributed by atoms with Gasteiger partial charge in [0.05, 0.1) is 5.75 Å². The van der Waals surface area contributed by atoms with Gasteiger partial charge in [-0.05, 0) is 42.3 Å². The SMILES string of the molecule is O=C1CCc2cc(C(=O)CSc3ccccc3F)ccc2N1. The highest BCUT2D eigenvalue weighted by Gasteiger charge is 2.17. The largest absolute Gasteiger partial charge is 0.326 e. The van der Waals surface area contributed by atoms with E-state index in [1.54, 1.807) is 30.3 Å².